The van der Waals surface area contributed by atoms with Crippen LogP contribution >= 0.6 is 0 Å². The highest BCUT2D eigenvalue weighted by Gasteiger charge is 2.27. The minimum absolute atomic E-state index is 0.0895. The highest BCUT2D eigenvalue weighted by molar-refractivity contribution is 5.83. The van der Waals surface area contributed by atoms with Gasteiger partial charge in [-0.05, 0) is 32.9 Å². The number of halogens is 2. The lowest BCUT2D eigenvalue weighted by Crippen LogP contribution is -2.41. The Kier molecular flexibility index (Phi) is 4.63. The van der Waals surface area contributed by atoms with E-state index in [1.807, 2.05) is 0 Å². The maximum atomic E-state index is 13.6. The van der Waals surface area contributed by atoms with Crippen molar-refractivity contribution in [3.63, 3.8) is 0 Å². The number of aliphatic hydroxyl groups is 1. The topological polar surface area (TPSA) is 40.5 Å². The van der Waals surface area contributed by atoms with Crippen molar-refractivity contribution in [2.75, 3.05) is 13.6 Å². The highest BCUT2D eigenvalue weighted by Crippen LogP contribution is 2.24. The SMILES string of the molecule is CC(C(=O)N(C)CC(C)(C)O)c1c(F)cccc1F. The molecule has 19 heavy (non-hydrogen) atoms. The summed E-state index contributed by atoms with van der Waals surface area (Å²) in [6.07, 6.45) is 0. The number of nitrogens with zero attached hydrogens (tertiary/aromatic N) is 1. The lowest BCUT2D eigenvalue weighted by molar-refractivity contribution is -0.133. The van der Waals surface area contributed by atoms with Crippen molar-refractivity contribution in [2.45, 2.75) is 32.3 Å². The van der Waals surface area contributed by atoms with Gasteiger partial charge in [0.2, 0.25) is 5.91 Å². The van der Waals surface area contributed by atoms with Crippen LogP contribution in [0.5, 0.6) is 0 Å². The summed E-state index contributed by atoms with van der Waals surface area (Å²) in [6, 6.07) is 3.50. The number of carbonyl (C=O) groups excluding carboxylic acids is 1. The van der Waals surface area contributed by atoms with Gasteiger partial charge in [-0.2, -0.15) is 0 Å². The van der Waals surface area contributed by atoms with E-state index in [0.29, 0.717) is 0 Å². The van der Waals surface area contributed by atoms with Crippen LogP contribution in [0.1, 0.15) is 32.3 Å². The monoisotopic (exact) mass is 271 g/mol. The molecule has 0 aromatic heterocycles. The molecule has 1 amide bonds. The molecule has 0 bridgehead atoms. The molecule has 1 atom stereocenters. The number of amides is 1. The maximum absolute atomic E-state index is 13.6. The molecule has 0 spiro atoms. The number of hydrogen-bond donors (Lipinski definition) is 1. The van der Waals surface area contributed by atoms with Gasteiger partial charge >= 0.3 is 0 Å². The zero-order valence-electron chi connectivity index (χ0n) is 11.6. The van der Waals surface area contributed by atoms with Crippen LogP contribution in [0.25, 0.3) is 0 Å². The third kappa shape index (κ3) is 3.99. The van der Waals surface area contributed by atoms with E-state index in [0.717, 1.165) is 12.1 Å². The van der Waals surface area contributed by atoms with Crippen LogP contribution in [-0.4, -0.2) is 35.1 Å². The first kappa shape index (κ1) is 15.6. The van der Waals surface area contributed by atoms with Gasteiger partial charge in [-0.1, -0.05) is 6.07 Å². The van der Waals surface area contributed by atoms with E-state index in [1.165, 1.54) is 24.9 Å². The predicted molar refractivity (Wildman–Crippen MR) is 68.7 cm³/mol. The summed E-state index contributed by atoms with van der Waals surface area (Å²) in [6.45, 7) is 4.66. The third-order valence-corrected chi connectivity index (χ3v) is 2.80. The lowest BCUT2D eigenvalue weighted by Gasteiger charge is -2.28. The highest BCUT2D eigenvalue weighted by atomic mass is 19.1. The first-order chi connectivity index (χ1) is 8.63. The molecule has 1 aromatic rings. The van der Waals surface area contributed by atoms with Crippen LogP contribution in [0, 0.1) is 11.6 Å². The van der Waals surface area contributed by atoms with Crippen LogP contribution in [-0.2, 0) is 4.79 Å². The van der Waals surface area contributed by atoms with Crippen molar-refractivity contribution in [3.05, 3.63) is 35.4 Å². The molecule has 0 radical (unpaired) electrons. The Morgan fingerprint density at radius 1 is 1.37 bits per heavy atom. The number of benzene rings is 1. The van der Waals surface area contributed by atoms with Crippen molar-refractivity contribution in [3.8, 4) is 0 Å². The minimum atomic E-state index is -1.06. The summed E-state index contributed by atoms with van der Waals surface area (Å²) in [7, 11) is 1.50. The van der Waals surface area contributed by atoms with E-state index in [2.05, 4.69) is 0 Å². The predicted octanol–water partition coefficient (Wildman–Crippen LogP) is 2.30. The Morgan fingerprint density at radius 2 is 1.84 bits per heavy atom. The fraction of sp³-hybridized carbons (Fsp3) is 0.500. The van der Waals surface area contributed by atoms with E-state index < -0.39 is 29.1 Å². The number of rotatable bonds is 4. The van der Waals surface area contributed by atoms with Crippen molar-refractivity contribution in [1.82, 2.24) is 4.90 Å². The van der Waals surface area contributed by atoms with Crippen LogP contribution in [0.15, 0.2) is 18.2 Å². The molecule has 0 fully saturated rings. The molecule has 0 saturated heterocycles. The molecule has 0 saturated carbocycles. The van der Waals surface area contributed by atoms with Crippen LogP contribution in [0.2, 0.25) is 0 Å². The first-order valence-electron chi connectivity index (χ1n) is 6.05. The smallest absolute Gasteiger partial charge is 0.229 e. The van der Waals surface area contributed by atoms with Gasteiger partial charge in [0.25, 0.3) is 0 Å². The molecular formula is C14H19F2NO2. The largest absolute Gasteiger partial charge is 0.389 e. The zero-order chi connectivity index (χ0) is 14.8. The van der Waals surface area contributed by atoms with Crippen molar-refractivity contribution < 1.29 is 18.7 Å². The molecule has 1 rings (SSSR count). The minimum Gasteiger partial charge on any atom is -0.389 e. The Labute approximate surface area is 111 Å². The Bertz CT molecular complexity index is 449. The van der Waals surface area contributed by atoms with Crippen LogP contribution < -0.4 is 0 Å². The molecule has 0 heterocycles. The second kappa shape index (κ2) is 5.65. The van der Waals surface area contributed by atoms with Crippen molar-refractivity contribution >= 4 is 5.91 Å². The van der Waals surface area contributed by atoms with E-state index in [4.69, 9.17) is 0 Å². The summed E-state index contributed by atoms with van der Waals surface area (Å²) < 4.78 is 27.2. The molecule has 1 N–H and O–H groups in total. The van der Waals surface area contributed by atoms with Gasteiger partial charge in [-0.25, -0.2) is 8.78 Å². The third-order valence-electron chi connectivity index (χ3n) is 2.80. The molecule has 0 aliphatic heterocycles. The lowest BCUT2D eigenvalue weighted by atomic mass is 9.98. The molecule has 1 unspecified atom stereocenters. The number of hydrogen-bond acceptors (Lipinski definition) is 2. The van der Waals surface area contributed by atoms with Crippen molar-refractivity contribution in [2.24, 2.45) is 0 Å². The molecule has 0 aliphatic carbocycles. The van der Waals surface area contributed by atoms with Gasteiger partial charge in [-0.15, -0.1) is 0 Å². The average Bonchev–Trinajstić information content (AvgIpc) is 2.25. The number of carbonyl (C=O) groups is 1. The molecule has 0 aliphatic rings. The first-order valence-corrected chi connectivity index (χ1v) is 6.05. The standard InChI is InChI=1S/C14H19F2NO2/c1-9(12-10(15)6-5-7-11(12)16)13(18)17(4)8-14(2,3)19/h5-7,9,19H,8H2,1-4H3. The summed E-state index contributed by atoms with van der Waals surface area (Å²) in [4.78, 5) is 13.4. The zero-order valence-corrected chi connectivity index (χ0v) is 11.6. The maximum Gasteiger partial charge on any atom is 0.229 e. The van der Waals surface area contributed by atoms with Crippen LogP contribution in [0.3, 0.4) is 0 Å². The molecule has 5 heteroatoms. The quantitative estimate of drug-likeness (QED) is 0.912. The molecular weight excluding hydrogens is 252 g/mol. The Morgan fingerprint density at radius 3 is 2.26 bits per heavy atom. The summed E-state index contributed by atoms with van der Waals surface area (Å²) >= 11 is 0. The summed E-state index contributed by atoms with van der Waals surface area (Å²) in [5.41, 5.74) is -1.30. The van der Waals surface area contributed by atoms with Gasteiger partial charge in [0.15, 0.2) is 0 Å². The summed E-state index contributed by atoms with van der Waals surface area (Å²) in [5, 5.41) is 9.66. The summed E-state index contributed by atoms with van der Waals surface area (Å²) in [5.74, 6) is -2.85. The molecule has 106 valence electrons. The van der Waals surface area contributed by atoms with E-state index >= 15 is 0 Å². The van der Waals surface area contributed by atoms with Crippen LogP contribution in [0.4, 0.5) is 8.78 Å². The average molecular weight is 271 g/mol. The second-order valence-corrected chi connectivity index (χ2v) is 5.36. The van der Waals surface area contributed by atoms with E-state index in [1.54, 1.807) is 13.8 Å². The van der Waals surface area contributed by atoms with Gasteiger partial charge in [0.1, 0.15) is 11.6 Å². The Hall–Kier alpha value is -1.49. The van der Waals surface area contributed by atoms with Gasteiger partial charge in [0.05, 0.1) is 11.5 Å². The van der Waals surface area contributed by atoms with E-state index in [9.17, 15) is 18.7 Å². The van der Waals surface area contributed by atoms with E-state index in [-0.39, 0.29) is 12.1 Å². The van der Waals surface area contributed by atoms with Crippen molar-refractivity contribution in [1.29, 1.82) is 0 Å². The fourth-order valence-electron chi connectivity index (χ4n) is 2.04. The molecule has 1 aromatic carbocycles. The Balaban J connectivity index is 2.94. The van der Waals surface area contributed by atoms with Gasteiger partial charge < -0.3 is 10.0 Å². The number of likely N-dealkylation sites (N-methyl/N-ethyl adjacent to an activating group) is 1. The van der Waals surface area contributed by atoms with Gasteiger partial charge in [0, 0.05) is 19.2 Å². The fourth-order valence-corrected chi connectivity index (χ4v) is 2.04. The molecule has 3 nitrogen and oxygen atoms in total. The normalized spacial score (nSPS) is 13.2. The second-order valence-electron chi connectivity index (χ2n) is 5.36. The van der Waals surface area contributed by atoms with Gasteiger partial charge in [-0.3, -0.25) is 4.79 Å².